The third-order valence-electron chi connectivity index (χ3n) is 5.30. The van der Waals surface area contributed by atoms with Gasteiger partial charge in [-0.05, 0) is 55.1 Å². The first-order valence-electron chi connectivity index (χ1n) is 8.11. The van der Waals surface area contributed by atoms with Crippen molar-refractivity contribution in [3.63, 3.8) is 0 Å². The van der Waals surface area contributed by atoms with E-state index in [1.54, 1.807) is 0 Å². The number of fused-ring (bicyclic) bond motifs is 1. The zero-order valence-electron chi connectivity index (χ0n) is 13.2. The fourth-order valence-electron chi connectivity index (χ4n) is 3.26. The van der Waals surface area contributed by atoms with Gasteiger partial charge in [0.05, 0.1) is 13.2 Å². The first kappa shape index (κ1) is 14.6. The Balaban J connectivity index is 1.60. The van der Waals surface area contributed by atoms with Crippen LogP contribution in [0.3, 0.4) is 0 Å². The molecule has 1 fully saturated rings. The standard InChI is InChI=1S/C18H25NO2/c1-3-18(2)7-9-19(10-8-18)13-16(20)14-4-5-17-15(12-14)6-11-21-17/h4-5,12H,3,6-11,13H2,1-2H3. The Hall–Kier alpha value is -1.35. The summed E-state index contributed by atoms with van der Waals surface area (Å²) in [5.74, 6) is 1.19. The Kier molecular flexibility index (Phi) is 4.03. The first-order valence-corrected chi connectivity index (χ1v) is 8.11. The largest absolute Gasteiger partial charge is 0.493 e. The summed E-state index contributed by atoms with van der Waals surface area (Å²) in [5, 5.41) is 0. The smallest absolute Gasteiger partial charge is 0.176 e. The Labute approximate surface area is 127 Å². The van der Waals surface area contributed by atoms with E-state index < -0.39 is 0 Å². The van der Waals surface area contributed by atoms with Gasteiger partial charge in [0.2, 0.25) is 0 Å². The molecule has 1 aromatic rings. The number of rotatable bonds is 4. The van der Waals surface area contributed by atoms with Gasteiger partial charge in [-0.2, -0.15) is 0 Å². The van der Waals surface area contributed by atoms with Gasteiger partial charge in [0.25, 0.3) is 0 Å². The van der Waals surface area contributed by atoms with E-state index in [1.165, 1.54) is 24.8 Å². The van der Waals surface area contributed by atoms with Gasteiger partial charge in [0.1, 0.15) is 5.75 Å². The number of benzene rings is 1. The lowest BCUT2D eigenvalue weighted by Crippen LogP contribution is -2.41. The van der Waals surface area contributed by atoms with E-state index in [0.29, 0.717) is 12.0 Å². The predicted octanol–water partition coefficient (Wildman–Crippen LogP) is 3.32. The molecule has 0 atom stereocenters. The summed E-state index contributed by atoms with van der Waals surface area (Å²) in [7, 11) is 0. The third kappa shape index (κ3) is 3.13. The van der Waals surface area contributed by atoms with Crippen molar-refractivity contribution in [2.45, 2.75) is 39.5 Å². The maximum Gasteiger partial charge on any atom is 0.176 e. The van der Waals surface area contributed by atoms with Gasteiger partial charge in [-0.1, -0.05) is 20.3 Å². The van der Waals surface area contributed by atoms with Crippen LogP contribution < -0.4 is 4.74 Å². The number of likely N-dealkylation sites (tertiary alicyclic amines) is 1. The molecule has 0 N–H and O–H groups in total. The van der Waals surface area contributed by atoms with E-state index in [0.717, 1.165) is 37.4 Å². The molecule has 0 aromatic heterocycles. The molecule has 0 spiro atoms. The molecule has 21 heavy (non-hydrogen) atoms. The number of carbonyl (C=O) groups excluding carboxylic acids is 1. The van der Waals surface area contributed by atoms with E-state index in [1.807, 2.05) is 18.2 Å². The second-order valence-corrected chi connectivity index (χ2v) is 6.78. The number of hydrogen-bond acceptors (Lipinski definition) is 3. The Morgan fingerprint density at radius 3 is 2.81 bits per heavy atom. The molecule has 1 aromatic carbocycles. The second-order valence-electron chi connectivity index (χ2n) is 6.78. The molecule has 0 aliphatic carbocycles. The summed E-state index contributed by atoms with van der Waals surface area (Å²) >= 11 is 0. The van der Waals surface area contributed by atoms with E-state index in [2.05, 4.69) is 18.7 Å². The van der Waals surface area contributed by atoms with Gasteiger partial charge in [0, 0.05) is 12.0 Å². The minimum absolute atomic E-state index is 0.241. The molecule has 1 saturated heterocycles. The van der Waals surface area contributed by atoms with Crippen LogP contribution in [0.5, 0.6) is 5.75 Å². The summed E-state index contributed by atoms with van der Waals surface area (Å²) in [4.78, 5) is 14.8. The molecule has 0 amide bonds. The van der Waals surface area contributed by atoms with Gasteiger partial charge in [-0.25, -0.2) is 0 Å². The predicted molar refractivity (Wildman–Crippen MR) is 84.0 cm³/mol. The quantitative estimate of drug-likeness (QED) is 0.796. The number of ketones is 1. The zero-order chi connectivity index (χ0) is 14.9. The number of piperidine rings is 1. The molecular weight excluding hydrogens is 262 g/mol. The van der Waals surface area contributed by atoms with Crippen molar-refractivity contribution < 1.29 is 9.53 Å². The average Bonchev–Trinajstić information content (AvgIpc) is 2.97. The van der Waals surface area contributed by atoms with Crippen molar-refractivity contribution in [3.05, 3.63) is 29.3 Å². The normalized spacial score (nSPS) is 20.9. The van der Waals surface area contributed by atoms with Gasteiger partial charge in [-0.3, -0.25) is 9.69 Å². The van der Waals surface area contributed by atoms with Crippen molar-refractivity contribution in [1.82, 2.24) is 4.90 Å². The lowest BCUT2D eigenvalue weighted by Gasteiger charge is -2.38. The van der Waals surface area contributed by atoms with Crippen molar-refractivity contribution >= 4 is 5.78 Å². The van der Waals surface area contributed by atoms with Crippen LogP contribution in [-0.4, -0.2) is 36.9 Å². The minimum Gasteiger partial charge on any atom is -0.493 e. The molecule has 2 heterocycles. The molecule has 0 saturated carbocycles. The Morgan fingerprint density at radius 2 is 2.10 bits per heavy atom. The highest BCUT2D eigenvalue weighted by atomic mass is 16.5. The molecule has 3 nitrogen and oxygen atoms in total. The van der Waals surface area contributed by atoms with Crippen molar-refractivity contribution in [3.8, 4) is 5.75 Å². The Morgan fingerprint density at radius 1 is 1.33 bits per heavy atom. The van der Waals surface area contributed by atoms with Gasteiger partial charge in [0.15, 0.2) is 5.78 Å². The van der Waals surface area contributed by atoms with Crippen LogP contribution in [0, 0.1) is 5.41 Å². The molecule has 0 bridgehead atoms. The maximum absolute atomic E-state index is 12.5. The van der Waals surface area contributed by atoms with Gasteiger partial charge >= 0.3 is 0 Å². The van der Waals surface area contributed by atoms with Crippen LogP contribution in [0.2, 0.25) is 0 Å². The minimum atomic E-state index is 0.241. The fraction of sp³-hybridized carbons (Fsp3) is 0.611. The third-order valence-corrected chi connectivity index (χ3v) is 5.30. The van der Waals surface area contributed by atoms with Crippen molar-refractivity contribution in [1.29, 1.82) is 0 Å². The van der Waals surface area contributed by atoms with Crippen LogP contribution in [0.15, 0.2) is 18.2 Å². The summed E-state index contributed by atoms with van der Waals surface area (Å²) in [6, 6.07) is 5.87. The lowest BCUT2D eigenvalue weighted by molar-refractivity contribution is 0.0813. The highest BCUT2D eigenvalue weighted by Gasteiger charge is 2.29. The van der Waals surface area contributed by atoms with E-state index in [9.17, 15) is 4.79 Å². The maximum atomic E-state index is 12.5. The summed E-state index contributed by atoms with van der Waals surface area (Å²) < 4.78 is 5.50. The molecule has 0 radical (unpaired) electrons. The van der Waals surface area contributed by atoms with Crippen molar-refractivity contribution in [2.24, 2.45) is 5.41 Å². The van der Waals surface area contributed by atoms with E-state index in [-0.39, 0.29) is 5.78 Å². The first-order chi connectivity index (χ1) is 10.1. The van der Waals surface area contributed by atoms with Crippen LogP contribution in [-0.2, 0) is 6.42 Å². The second kappa shape index (κ2) is 5.80. The molecule has 3 rings (SSSR count). The summed E-state index contributed by atoms with van der Waals surface area (Å²) in [6.07, 6.45) is 4.57. The molecule has 3 heteroatoms. The van der Waals surface area contributed by atoms with E-state index in [4.69, 9.17) is 4.74 Å². The highest BCUT2D eigenvalue weighted by molar-refractivity contribution is 5.98. The molecule has 2 aliphatic heterocycles. The van der Waals surface area contributed by atoms with E-state index >= 15 is 0 Å². The average molecular weight is 287 g/mol. The zero-order valence-corrected chi connectivity index (χ0v) is 13.2. The summed E-state index contributed by atoms with van der Waals surface area (Å²) in [6.45, 7) is 8.03. The van der Waals surface area contributed by atoms with Crippen molar-refractivity contribution in [2.75, 3.05) is 26.2 Å². The SMILES string of the molecule is CCC1(C)CCN(CC(=O)c2ccc3c(c2)CCO3)CC1. The van der Waals surface area contributed by atoms with Crippen LogP contribution in [0.1, 0.15) is 49.0 Å². The number of nitrogens with zero attached hydrogens (tertiary/aromatic N) is 1. The van der Waals surface area contributed by atoms with Crippen LogP contribution in [0.25, 0.3) is 0 Å². The van der Waals surface area contributed by atoms with Gasteiger partial charge < -0.3 is 4.74 Å². The van der Waals surface area contributed by atoms with Crippen LogP contribution >= 0.6 is 0 Å². The lowest BCUT2D eigenvalue weighted by atomic mass is 9.78. The molecule has 114 valence electrons. The Bertz CT molecular complexity index is 530. The topological polar surface area (TPSA) is 29.5 Å². The summed E-state index contributed by atoms with van der Waals surface area (Å²) in [5.41, 5.74) is 2.49. The number of hydrogen-bond donors (Lipinski definition) is 0. The molecule has 0 unspecified atom stereocenters. The monoisotopic (exact) mass is 287 g/mol. The highest BCUT2D eigenvalue weighted by Crippen LogP contribution is 2.34. The number of ether oxygens (including phenoxy) is 1. The number of carbonyl (C=O) groups is 1. The number of Topliss-reactive ketones (excluding diaryl/α,β-unsaturated/α-hetero) is 1. The molecule has 2 aliphatic rings. The van der Waals surface area contributed by atoms with Gasteiger partial charge in [-0.15, -0.1) is 0 Å². The molecular formula is C18H25NO2. The van der Waals surface area contributed by atoms with Crippen LogP contribution in [0.4, 0.5) is 0 Å². The fourth-order valence-corrected chi connectivity index (χ4v) is 3.26.